The first-order valence-corrected chi connectivity index (χ1v) is 8.82. The average molecular weight is 326 g/mol. The molecule has 0 aliphatic rings. The number of thiazole rings is 1. The highest BCUT2D eigenvalue weighted by Crippen LogP contribution is 2.40. The third kappa shape index (κ3) is 3.36. The zero-order chi connectivity index (χ0) is 15.4. The lowest BCUT2D eigenvalue weighted by Crippen LogP contribution is -2.36. The highest BCUT2D eigenvalue weighted by Gasteiger charge is 2.24. The molecule has 0 radical (unpaired) electrons. The molecule has 7 heteroatoms. The molecule has 0 saturated heterocycles. The van der Waals surface area contributed by atoms with Crippen molar-refractivity contribution in [2.75, 3.05) is 23.8 Å². The first-order chi connectivity index (χ1) is 10.1. The van der Waals surface area contributed by atoms with Crippen molar-refractivity contribution in [2.45, 2.75) is 39.7 Å². The Morgan fingerprint density at radius 3 is 2.62 bits per heavy atom. The van der Waals surface area contributed by atoms with Crippen LogP contribution in [0.25, 0.3) is 11.3 Å². The van der Waals surface area contributed by atoms with Crippen LogP contribution in [0.15, 0.2) is 5.38 Å². The smallest absolute Gasteiger partial charge is 0.148 e. The summed E-state index contributed by atoms with van der Waals surface area (Å²) in [5.41, 5.74) is 7.86. The van der Waals surface area contributed by atoms with Crippen LogP contribution in [-0.4, -0.2) is 33.7 Å². The monoisotopic (exact) mass is 326 g/mol. The number of rotatable bonds is 7. The maximum absolute atomic E-state index is 9.41. The summed E-state index contributed by atoms with van der Waals surface area (Å²) in [6, 6.07) is 0.371. The number of aliphatic hydroxyl groups excluding tert-OH is 1. The van der Waals surface area contributed by atoms with Crippen molar-refractivity contribution < 1.29 is 5.11 Å². The van der Waals surface area contributed by atoms with E-state index in [0.29, 0.717) is 18.4 Å². The fourth-order valence-corrected chi connectivity index (χ4v) is 4.02. The molecule has 0 aliphatic carbocycles. The summed E-state index contributed by atoms with van der Waals surface area (Å²) in [7, 11) is 0. The Morgan fingerprint density at radius 1 is 1.38 bits per heavy atom. The molecule has 0 saturated carbocycles. The van der Waals surface area contributed by atoms with Crippen molar-refractivity contribution >= 4 is 33.7 Å². The molecule has 2 heterocycles. The zero-order valence-electron chi connectivity index (χ0n) is 12.7. The molecule has 0 atom stereocenters. The second kappa shape index (κ2) is 7.20. The molecule has 21 heavy (non-hydrogen) atoms. The van der Waals surface area contributed by atoms with E-state index in [9.17, 15) is 5.11 Å². The Hall–Kier alpha value is -1.18. The Bertz CT molecular complexity index is 577. The predicted octanol–water partition coefficient (Wildman–Crippen LogP) is 3.14. The Balaban J connectivity index is 2.46. The standard InChI is InChI=1S/C14H22N4OS2/c1-4-10(5-2)18(6-7-19)14-12(13(15)17-21-14)11-8-20-9(3)16-11/h8,10,19H,4-7H2,1-3H3,(H2,15,17). The van der Waals surface area contributed by atoms with Gasteiger partial charge in [-0.25, -0.2) is 4.98 Å². The maximum Gasteiger partial charge on any atom is 0.148 e. The molecular weight excluding hydrogens is 304 g/mol. The van der Waals surface area contributed by atoms with Crippen molar-refractivity contribution in [1.29, 1.82) is 0 Å². The van der Waals surface area contributed by atoms with Crippen LogP contribution in [0.3, 0.4) is 0 Å². The molecule has 0 unspecified atom stereocenters. The number of hydrogen-bond acceptors (Lipinski definition) is 7. The average Bonchev–Trinajstić information content (AvgIpc) is 3.05. The van der Waals surface area contributed by atoms with Gasteiger partial charge in [0.15, 0.2) is 0 Å². The molecule has 0 fully saturated rings. The summed E-state index contributed by atoms with van der Waals surface area (Å²) in [6.07, 6.45) is 2.04. The molecule has 0 spiro atoms. The third-order valence-corrected chi connectivity index (χ3v) is 5.23. The number of aliphatic hydroxyl groups is 1. The Morgan fingerprint density at radius 2 is 2.10 bits per heavy atom. The number of aryl methyl sites for hydroxylation is 1. The summed E-state index contributed by atoms with van der Waals surface area (Å²) in [4.78, 5) is 6.76. The van der Waals surface area contributed by atoms with E-state index in [4.69, 9.17) is 5.73 Å². The normalized spacial score (nSPS) is 11.3. The predicted molar refractivity (Wildman–Crippen MR) is 91.2 cm³/mol. The zero-order valence-corrected chi connectivity index (χ0v) is 14.3. The quantitative estimate of drug-likeness (QED) is 0.817. The van der Waals surface area contributed by atoms with Gasteiger partial charge in [0.05, 0.1) is 22.9 Å². The lowest BCUT2D eigenvalue weighted by atomic mass is 10.1. The minimum atomic E-state index is 0.115. The molecule has 116 valence electrons. The molecule has 0 bridgehead atoms. The van der Waals surface area contributed by atoms with Crippen LogP contribution in [0, 0.1) is 6.92 Å². The fraction of sp³-hybridized carbons (Fsp3) is 0.571. The Kier molecular flexibility index (Phi) is 5.55. The highest BCUT2D eigenvalue weighted by atomic mass is 32.1. The van der Waals surface area contributed by atoms with E-state index in [0.717, 1.165) is 34.1 Å². The number of nitrogens with zero attached hydrogens (tertiary/aromatic N) is 3. The number of aromatic nitrogens is 2. The Labute approximate surface area is 133 Å². The van der Waals surface area contributed by atoms with Crippen molar-refractivity contribution in [3.63, 3.8) is 0 Å². The second-order valence-electron chi connectivity index (χ2n) is 4.89. The van der Waals surface area contributed by atoms with E-state index in [1.165, 1.54) is 11.5 Å². The summed E-state index contributed by atoms with van der Waals surface area (Å²) in [5, 5.41) is 13.5. The van der Waals surface area contributed by atoms with Gasteiger partial charge in [0, 0.05) is 18.0 Å². The largest absolute Gasteiger partial charge is 0.395 e. The topological polar surface area (TPSA) is 75.3 Å². The summed E-state index contributed by atoms with van der Waals surface area (Å²) in [5.74, 6) is 0.522. The van der Waals surface area contributed by atoms with Gasteiger partial charge >= 0.3 is 0 Å². The van der Waals surface area contributed by atoms with Crippen LogP contribution in [0.4, 0.5) is 10.8 Å². The van der Waals surface area contributed by atoms with Crippen molar-refractivity contribution in [1.82, 2.24) is 9.36 Å². The van der Waals surface area contributed by atoms with Gasteiger partial charge in [-0.1, -0.05) is 13.8 Å². The van der Waals surface area contributed by atoms with Crippen molar-refractivity contribution in [3.8, 4) is 11.3 Å². The van der Waals surface area contributed by atoms with Crippen LogP contribution in [0.5, 0.6) is 0 Å². The van der Waals surface area contributed by atoms with Gasteiger partial charge in [0.25, 0.3) is 0 Å². The van der Waals surface area contributed by atoms with Crippen LogP contribution < -0.4 is 10.6 Å². The lowest BCUT2D eigenvalue weighted by molar-refractivity contribution is 0.296. The molecule has 2 aromatic rings. The van der Waals surface area contributed by atoms with E-state index >= 15 is 0 Å². The minimum Gasteiger partial charge on any atom is -0.395 e. The van der Waals surface area contributed by atoms with E-state index < -0.39 is 0 Å². The van der Waals surface area contributed by atoms with Gasteiger partial charge in [-0.15, -0.1) is 11.3 Å². The third-order valence-electron chi connectivity index (χ3n) is 3.56. The van der Waals surface area contributed by atoms with Gasteiger partial charge in [0.2, 0.25) is 0 Å². The SMILES string of the molecule is CCC(CC)N(CCO)c1snc(N)c1-c1csc(C)n1. The van der Waals surface area contributed by atoms with E-state index in [2.05, 4.69) is 28.1 Å². The van der Waals surface area contributed by atoms with E-state index in [-0.39, 0.29) is 6.61 Å². The molecule has 0 aliphatic heterocycles. The number of hydrogen-bond donors (Lipinski definition) is 2. The maximum atomic E-state index is 9.41. The fourth-order valence-electron chi connectivity index (χ4n) is 2.50. The van der Waals surface area contributed by atoms with Crippen LogP contribution in [-0.2, 0) is 0 Å². The number of nitrogen functional groups attached to an aromatic ring is 1. The molecule has 3 N–H and O–H groups in total. The molecule has 5 nitrogen and oxygen atoms in total. The van der Waals surface area contributed by atoms with Gasteiger partial charge in [-0.05, 0) is 31.3 Å². The van der Waals surface area contributed by atoms with E-state index in [1.807, 2.05) is 12.3 Å². The molecule has 2 aromatic heterocycles. The first-order valence-electron chi connectivity index (χ1n) is 7.17. The van der Waals surface area contributed by atoms with E-state index in [1.54, 1.807) is 11.3 Å². The van der Waals surface area contributed by atoms with Crippen LogP contribution >= 0.6 is 22.9 Å². The first kappa shape index (κ1) is 16.2. The van der Waals surface area contributed by atoms with Crippen LogP contribution in [0.1, 0.15) is 31.7 Å². The van der Waals surface area contributed by atoms with Crippen molar-refractivity contribution in [2.24, 2.45) is 0 Å². The summed E-state index contributed by atoms with van der Waals surface area (Å²) in [6.45, 7) is 7.01. The molecule has 0 amide bonds. The minimum absolute atomic E-state index is 0.115. The van der Waals surface area contributed by atoms with Crippen LogP contribution in [0.2, 0.25) is 0 Å². The van der Waals surface area contributed by atoms with Gasteiger partial charge in [0.1, 0.15) is 10.8 Å². The van der Waals surface area contributed by atoms with Crippen molar-refractivity contribution in [3.05, 3.63) is 10.4 Å². The second-order valence-corrected chi connectivity index (χ2v) is 6.70. The number of nitrogens with two attached hydrogens (primary N) is 1. The molecule has 0 aromatic carbocycles. The number of anilines is 2. The van der Waals surface area contributed by atoms with Gasteiger partial charge in [-0.2, -0.15) is 4.37 Å². The van der Waals surface area contributed by atoms with Gasteiger partial charge in [-0.3, -0.25) is 0 Å². The van der Waals surface area contributed by atoms with Gasteiger partial charge < -0.3 is 15.7 Å². The summed E-state index contributed by atoms with van der Waals surface area (Å²) >= 11 is 3.00. The molecule has 2 rings (SSSR count). The summed E-state index contributed by atoms with van der Waals surface area (Å²) < 4.78 is 4.32. The lowest BCUT2D eigenvalue weighted by Gasteiger charge is -2.31. The molecular formula is C14H22N4OS2. The highest BCUT2D eigenvalue weighted by molar-refractivity contribution is 7.11.